The normalized spacial score (nSPS) is 11.4. The Morgan fingerprint density at radius 1 is 1.38 bits per heavy atom. The van der Waals surface area contributed by atoms with Crippen molar-refractivity contribution in [2.75, 3.05) is 12.3 Å². The van der Waals surface area contributed by atoms with Crippen molar-refractivity contribution in [3.8, 4) is 0 Å². The summed E-state index contributed by atoms with van der Waals surface area (Å²) in [5.74, 6) is 0. The summed E-state index contributed by atoms with van der Waals surface area (Å²) in [5, 5.41) is 0.766. The maximum Gasteiger partial charge on any atom is 0.0471 e. The minimum Gasteiger partial charge on any atom is -0.398 e. The monoisotopic (exact) mass is 240 g/mol. The Morgan fingerprint density at radius 3 is 2.56 bits per heavy atom. The molecule has 0 aromatic heterocycles. The van der Waals surface area contributed by atoms with Crippen molar-refractivity contribution in [1.29, 1.82) is 0 Å². The minimum absolute atomic E-state index is 0.510. The molecule has 0 aliphatic heterocycles. The quantitative estimate of drug-likeness (QED) is 0.798. The van der Waals surface area contributed by atoms with Gasteiger partial charge in [0.15, 0.2) is 0 Å². The standard InChI is InChI=1S/C13H21ClN2/c1-4-8-16(10(2)3)9-11-12(14)6-5-7-13(11)15/h5-7,10H,4,8-9,15H2,1-3H3. The van der Waals surface area contributed by atoms with E-state index in [0.717, 1.165) is 35.8 Å². The molecular formula is C13H21ClN2. The highest BCUT2D eigenvalue weighted by Crippen LogP contribution is 2.24. The maximum atomic E-state index is 6.17. The van der Waals surface area contributed by atoms with E-state index < -0.39 is 0 Å². The van der Waals surface area contributed by atoms with Gasteiger partial charge in [-0.25, -0.2) is 0 Å². The Kier molecular flexibility index (Phi) is 5.10. The highest BCUT2D eigenvalue weighted by Gasteiger charge is 2.12. The summed E-state index contributed by atoms with van der Waals surface area (Å²) in [6.07, 6.45) is 1.14. The summed E-state index contributed by atoms with van der Waals surface area (Å²) < 4.78 is 0. The van der Waals surface area contributed by atoms with Gasteiger partial charge in [-0.1, -0.05) is 24.6 Å². The number of hydrogen-bond acceptors (Lipinski definition) is 2. The van der Waals surface area contributed by atoms with Crippen molar-refractivity contribution in [3.63, 3.8) is 0 Å². The Morgan fingerprint density at radius 2 is 2.06 bits per heavy atom. The van der Waals surface area contributed by atoms with Gasteiger partial charge in [-0.2, -0.15) is 0 Å². The summed E-state index contributed by atoms with van der Waals surface area (Å²) in [5.41, 5.74) is 7.79. The smallest absolute Gasteiger partial charge is 0.0471 e. The largest absolute Gasteiger partial charge is 0.398 e. The van der Waals surface area contributed by atoms with Crippen LogP contribution in [0, 0.1) is 0 Å². The molecule has 16 heavy (non-hydrogen) atoms. The van der Waals surface area contributed by atoms with Crippen molar-refractivity contribution in [2.24, 2.45) is 0 Å². The predicted molar refractivity (Wildman–Crippen MR) is 71.7 cm³/mol. The molecule has 0 fully saturated rings. The van der Waals surface area contributed by atoms with Gasteiger partial charge in [-0.05, 0) is 38.9 Å². The zero-order valence-corrected chi connectivity index (χ0v) is 11.1. The molecule has 0 radical (unpaired) electrons. The number of nitrogens with two attached hydrogens (primary N) is 1. The van der Waals surface area contributed by atoms with Gasteiger partial charge in [0, 0.05) is 28.9 Å². The highest BCUT2D eigenvalue weighted by molar-refractivity contribution is 6.31. The molecule has 1 rings (SSSR count). The second-order valence-corrected chi connectivity index (χ2v) is 4.78. The molecule has 2 N–H and O–H groups in total. The van der Waals surface area contributed by atoms with Crippen LogP contribution in [-0.2, 0) is 6.54 Å². The molecule has 0 atom stereocenters. The molecule has 0 spiro atoms. The van der Waals surface area contributed by atoms with Gasteiger partial charge in [0.05, 0.1) is 0 Å². The molecule has 3 heteroatoms. The maximum absolute atomic E-state index is 6.17. The van der Waals surface area contributed by atoms with Crippen LogP contribution >= 0.6 is 11.6 Å². The molecule has 0 heterocycles. The van der Waals surface area contributed by atoms with E-state index in [1.165, 1.54) is 0 Å². The van der Waals surface area contributed by atoms with E-state index in [1.807, 2.05) is 18.2 Å². The Hall–Kier alpha value is -0.730. The molecule has 1 aromatic rings. The van der Waals surface area contributed by atoms with Gasteiger partial charge in [-0.15, -0.1) is 0 Å². The average molecular weight is 241 g/mol. The fourth-order valence-electron chi connectivity index (χ4n) is 1.75. The van der Waals surface area contributed by atoms with Crippen LogP contribution in [0.3, 0.4) is 0 Å². The summed E-state index contributed by atoms with van der Waals surface area (Å²) in [7, 11) is 0. The second kappa shape index (κ2) is 6.12. The van der Waals surface area contributed by atoms with E-state index in [1.54, 1.807) is 0 Å². The molecule has 0 bridgehead atoms. The van der Waals surface area contributed by atoms with Gasteiger partial charge in [-0.3, -0.25) is 4.90 Å². The van der Waals surface area contributed by atoms with Crippen molar-refractivity contribution < 1.29 is 0 Å². The number of rotatable bonds is 5. The molecule has 0 aliphatic rings. The third-order valence-corrected chi connectivity index (χ3v) is 3.11. The van der Waals surface area contributed by atoms with E-state index >= 15 is 0 Å². The lowest BCUT2D eigenvalue weighted by Gasteiger charge is -2.27. The van der Waals surface area contributed by atoms with Crippen LogP contribution in [-0.4, -0.2) is 17.5 Å². The van der Waals surface area contributed by atoms with Crippen molar-refractivity contribution in [1.82, 2.24) is 4.90 Å². The van der Waals surface area contributed by atoms with Crippen LogP contribution in [0.2, 0.25) is 5.02 Å². The van der Waals surface area contributed by atoms with Crippen LogP contribution < -0.4 is 5.73 Å². The van der Waals surface area contributed by atoms with E-state index in [2.05, 4.69) is 25.7 Å². The predicted octanol–water partition coefficient (Wildman–Crippen LogP) is 3.54. The zero-order chi connectivity index (χ0) is 12.1. The lowest BCUT2D eigenvalue weighted by molar-refractivity contribution is 0.214. The zero-order valence-electron chi connectivity index (χ0n) is 10.3. The number of hydrogen-bond donors (Lipinski definition) is 1. The lowest BCUT2D eigenvalue weighted by atomic mass is 10.1. The summed E-state index contributed by atoms with van der Waals surface area (Å²) in [4.78, 5) is 2.39. The van der Waals surface area contributed by atoms with E-state index in [-0.39, 0.29) is 0 Å². The average Bonchev–Trinajstić information content (AvgIpc) is 2.21. The first-order chi connectivity index (χ1) is 7.56. The van der Waals surface area contributed by atoms with Crippen LogP contribution in [0.15, 0.2) is 18.2 Å². The van der Waals surface area contributed by atoms with E-state index in [4.69, 9.17) is 17.3 Å². The number of nitrogen functional groups attached to an aromatic ring is 1. The lowest BCUT2D eigenvalue weighted by Crippen LogP contribution is -2.31. The van der Waals surface area contributed by atoms with Crippen molar-refractivity contribution in [3.05, 3.63) is 28.8 Å². The first-order valence-corrected chi connectivity index (χ1v) is 6.21. The van der Waals surface area contributed by atoms with Gasteiger partial charge in [0.1, 0.15) is 0 Å². The van der Waals surface area contributed by atoms with Crippen LogP contribution in [0.4, 0.5) is 5.69 Å². The number of halogens is 1. The van der Waals surface area contributed by atoms with E-state index in [9.17, 15) is 0 Å². The van der Waals surface area contributed by atoms with Gasteiger partial charge in [0.25, 0.3) is 0 Å². The molecule has 0 aliphatic carbocycles. The summed E-state index contributed by atoms with van der Waals surface area (Å²) >= 11 is 6.17. The van der Waals surface area contributed by atoms with Gasteiger partial charge < -0.3 is 5.73 Å². The van der Waals surface area contributed by atoms with Gasteiger partial charge >= 0.3 is 0 Å². The minimum atomic E-state index is 0.510. The second-order valence-electron chi connectivity index (χ2n) is 4.37. The molecule has 90 valence electrons. The highest BCUT2D eigenvalue weighted by atomic mass is 35.5. The number of nitrogens with zero attached hydrogens (tertiary/aromatic N) is 1. The fourth-order valence-corrected chi connectivity index (χ4v) is 1.99. The molecule has 1 aromatic carbocycles. The Labute approximate surface area is 103 Å². The number of anilines is 1. The first-order valence-electron chi connectivity index (χ1n) is 5.83. The van der Waals surface area contributed by atoms with Crippen LogP contribution in [0.5, 0.6) is 0 Å². The Balaban J connectivity index is 2.84. The number of benzene rings is 1. The fraction of sp³-hybridized carbons (Fsp3) is 0.538. The first kappa shape index (κ1) is 13.3. The topological polar surface area (TPSA) is 29.3 Å². The van der Waals surface area contributed by atoms with Crippen molar-refractivity contribution >= 4 is 17.3 Å². The molecular weight excluding hydrogens is 220 g/mol. The molecule has 2 nitrogen and oxygen atoms in total. The molecule has 0 saturated carbocycles. The molecule has 0 amide bonds. The van der Waals surface area contributed by atoms with E-state index in [0.29, 0.717) is 6.04 Å². The summed E-state index contributed by atoms with van der Waals surface area (Å²) in [6, 6.07) is 6.21. The third kappa shape index (κ3) is 3.39. The Bertz CT molecular complexity index is 316. The molecule has 0 saturated heterocycles. The molecule has 0 unspecified atom stereocenters. The summed E-state index contributed by atoms with van der Waals surface area (Å²) in [6.45, 7) is 8.48. The van der Waals surface area contributed by atoms with Crippen LogP contribution in [0.1, 0.15) is 32.8 Å². The SMILES string of the molecule is CCCN(Cc1c(N)cccc1Cl)C(C)C. The van der Waals surface area contributed by atoms with Gasteiger partial charge in [0.2, 0.25) is 0 Å². The third-order valence-electron chi connectivity index (χ3n) is 2.76. The van der Waals surface area contributed by atoms with Crippen LogP contribution in [0.25, 0.3) is 0 Å². The van der Waals surface area contributed by atoms with Crippen molar-refractivity contribution in [2.45, 2.75) is 39.8 Å².